The minimum absolute atomic E-state index is 0.00315. The fraction of sp³-hybridized carbons (Fsp3) is 0.533. The second kappa shape index (κ2) is 5.67. The first kappa shape index (κ1) is 15.8. The van der Waals surface area contributed by atoms with Crippen LogP contribution in [0.15, 0.2) is 24.3 Å². The van der Waals surface area contributed by atoms with Gasteiger partial charge >= 0.3 is 6.18 Å². The molecule has 0 bridgehead atoms. The number of carbonyl (C=O) groups excluding carboxylic acids is 1. The van der Waals surface area contributed by atoms with E-state index in [0.717, 1.165) is 12.1 Å². The molecule has 2 N–H and O–H groups in total. The first-order valence-electron chi connectivity index (χ1n) is 6.95. The zero-order chi connectivity index (χ0) is 15.8. The summed E-state index contributed by atoms with van der Waals surface area (Å²) >= 11 is 0. The van der Waals surface area contributed by atoms with E-state index in [0.29, 0.717) is 18.4 Å². The molecule has 0 saturated carbocycles. The summed E-state index contributed by atoms with van der Waals surface area (Å²) in [5, 5.41) is 0. The first-order chi connectivity index (χ1) is 9.71. The number of piperidine rings is 1. The Morgan fingerprint density at radius 3 is 2.29 bits per heavy atom. The first-order valence-corrected chi connectivity index (χ1v) is 6.95. The maximum absolute atomic E-state index is 12.6. The molecule has 2 rings (SSSR count). The highest BCUT2D eigenvalue weighted by atomic mass is 19.4. The van der Waals surface area contributed by atoms with Crippen LogP contribution in [-0.2, 0) is 11.0 Å². The number of hydrogen-bond donors (Lipinski definition) is 1. The van der Waals surface area contributed by atoms with Crippen LogP contribution in [0.5, 0.6) is 0 Å². The predicted octanol–water partition coefficient (Wildman–Crippen LogP) is 3.10. The minimum Gasteiger partial charge on any atom is -0.332 e. The lowest BCUT2D eigenvalue weighted by atomic mass is 9.89. The highest BCUT2D eigenvalue weighted by Gasteiger charge is 2.37. The average Bonchev–Trinajstić information content (AvgIpc) is 2.40. The molecular formula is C15H19F3N2O. The van der Waals surface area contributed by atoms with Crippen molar-refractivity contribution in [2.75, 3.05) is 0 Å². The molecule has 6 heteroatoms. The Hall–Kier alpha value is -1.56. The molecule has 1 aromatic rings. The average molecular weight is 300 g/mol. The second-order valence-electron chi connectivity index (χ2n) is 5.66. The SMILES string of the molecule is CC(C)N1C(=O)CCC(N)C1c1ccc(C(F)(F)F)cc1. The van der Waals surface area contributed by atoms with Gasteiger partial charge in [-0.15, -0.1) is 0 Å². The summed E-state index contributed by atoms with van der Waals surface area (Å²) in [6.45, 7) is 3.76. The largest absolute Gasteiger partial charge is 0.416 e. The van der Waals surface area contributed by atoms with Crippen LogP contribution >= 0.6 is 0 Å². The Morgan fingerprint density at radius 2 is 1.81 bits per heavy atom. The van der Waals surface area contributed by atoms with Crippen molar-refractivity contribution < 1.29 is 18.0 Å². The second-order valence-corrected chi connectivity index (χ2v) is 5.66. The van der Waals surface area contributed by atoms with Gasteiger partial charge in [0.1, 0.15) is 0 Å². The van der Waals surface area contributed by atoms with Gasteiger partial charge < -0.3 is 10.6 Å². The van der Waals surface area contributed by atoms with Gasteiger partial charge in [-0.2, -0.15) is 13.2 Å². The van der Waals surface area contributed by atoms with E-state index in [2.05, 4.69) is 0 Å². The Bertz CT molecular complexity index is 511. The number of benzene rings is 1. The van der Waals surface area contributed by atoms with Crippen LogP contribution < -0.4 is 5.73 Å². The van der Waals surface area contributed by atoms with Crippen LogP contribution in [0.25, 0.3) is 0 Å². The van der Waals surface area contributed by atoms with Gasteiger partial charge in [-0.05, 0) is 38.0 Å². The molecule has 116 valence electrons. The number of nitrogens with two attached hydrogens (primary N) is 1. The van der Waals surface area contributed by atoms with Crippen LogP contribution in [0.1, 0.15) is 43.9 Å². The molecule has 1 aliphatic heterocycles. The van der Waals surface area contributed by atoms with Crippen molar-refractivity contribution in [2.45, 2.75) is 51.0 Å². The molecule has 2 unspecified atom stereocenters. The summed E-state index contributed by atoms with van der Waals surface area (Å²) in [7, 11) is 0. The number of nitrogens with zero attached hydrogens (tertiary/aromatic N) is 1. The van der Waals surface area contributed by atoms with Crippen molar-refractivity contribution in [2.24, 2.45) is 5.73 Å². The quantitative estimate of drug-likeness (QED) is 0.912. The molecule has 0 aliphatic carbocycles. The fourth-order valence-corrected chi connectivity index (χ4v) is 2.82. The van der Waals surface area contributed by atoms with Crippen molar-refractivity contribution in [1.82, 2.24) is 4.90 Å². The van der Waals surface area contributed by atoms with Crippen molar-refractivity contribution in [3.63, 3.8) is 0 Å². The molecule has 0 spiro atoms. The third-order valence-corrected chi connectivity index (χ3v) is 3.82. The van der Waals surface area contributed by atoms with Crippen LogP contribution in [-0.4, -0.2) is 22.9 Å². The summed E-state index contributed by atoms with van der Waals surface area (Å²) in [5.74, 6) is -0.00315. The molecule has 21 heavy (non-hydrogen) atoms. The van der Waals surface area contributed by atoms with Crippen LogP contribution in [0.4, 0.5) is 13.2 Å². The molecule has 1 fully saturated rings. The molecule has 0 radical (unpaired) electrons. The van der Waals surface area contributed by atoms with E-state index in [1.54, 1.807) is 4.90 Å². The van der Waals surface area contributed by atoms with Crippen molar-refractivity contribution >= 4 is 5.91 Å². The highest BCUT2D eigenvalue weighted by molar-refractivity contribution is 5.78. The van der Waals surface area contributed by atoms with Crippen LogP contribution in [0.3, 0.4) is 0 Å². The number of rotatable bonds is 2. The Kier molecular flexibility index (Phi) is 4.27. The standard InChI is InChI=1S/C15H19F3N2O/c1-9(2)20-13(21)8-7-12(19)14(20)10-3-5-11(6-4-10)15(16,17)18/h3-6,9,12,14H,7-8,19H2,1-2H3. The van der Waals surface area contributed by atoms with Gasteiger partial charge in [0.25, 0.3) is 0 Å². The zero-order valence-electron chi connectivity index (χ0n) is 12.0. The van der Waals surface area contributed by atoms with E-state index in [1.165, 1.54) is 12.1 Å². The van der Waals surface area contributed by atoms with E-state index in [1.807, 2.05) is 13.8 Å². The fourth-order valence-electron chi connectivity index (χ4n) is 2.82. The van der Waals surface area contributed by atoms with Gasteiger partial charge in [0, 0.05) is 18.5 Å². The third-order valence-electron chi connectivity index (χ3n) is 3.82. The summed E-state index contributed by atoms with van der Waals surface area (Å²) < 4.78 is 37.8. The number of amides is 1. The molecular weight excluding hydrogens is 281 g/mol. The summed E-state index contributed by atoms with van der Waals surface area (Å²) in [5.41, 5.74) is 6.06. The summed E-state index contributed by atoms with van der Waals surface area (Å²) in [4.78, 5) is 13.8. The molecule has 0 aromatic heterocycles. The maximum atomic E-state index is 12.6. The van der Waals surface area contributed by atoms with Gasteiger partial charge in [0.15, 0.2) is 0 Å². The number of halogens is 3. The van der Waals surface area contributed by atoms with Crippen molar-refractivity contribution in [3.8, 4) is 0 Å². The lowest BCUT2D eigenvalue weighted by Crippen LogP contribution is -2.51. The van der Waals surface area contributed by atoms with E-state index >= 15 is 0 Å². The van der Waals surface area contributed by atoms with Gasteiger partial charge in [-0.1, -0.05) is 12.1 Å². The Labute approximate surface area is 121 Å². The number of carbonyl (C=O) groups is 1. The summed E-state index contributed by atoms with van der Waals surface area (Å²) in [6.07, 6.45) is -3.43. The molecule has 2 atom stereocenters. The lowest BCUT2D eigenvalue weighted by Gasteiger charge is -2.42. The maximum Gasteiger partial charge on any atom is 0.416 e. The number of likely N-dealkylation sites (tertiary alicyclic amines) is 1. The lowest BCUT2D eigenvalue weighted by molar-refractivity contribution is -0.140. The van der Waals surface area contributed by atoms with Crippen LogP contribution in [0.2, 0.25) is 0 Å². The molecule has 3 nitrogen and oxygen atoms in total. The summed E-state index contributed by atoms with van der Waals surface area (Å²) in [6, 6.07) is 4.24. The van der Waals surface area contributed by atoms with Gasteiger partial charge in [0.05, 0.1) is 11.6 Å². The van der Waals surface area contributed by atoms with E-state index < -0.39 is 11.7 Å². The topological polar surface area (TPSA) is 46.3 Å². The van der Waals surface area contributed by atoms with Crippen molar-refractivity contribution in [1.29, 1.82) is 0 Å². The highest BCUT2D eigenvalue weighted by Crippen LogP contribution is 2.35. The molecule has 1 heterocycles. The zero-order valence-corrected chi connectivity index (χ0v) is 12.0. The Balaban J connectivity index is 2.35. The molecule has 1 amide bonds. The van der Waals surface area contributed by atoms with Crippen LogP contribution in [0, 0.1) is 0 Å². The molecule has 1 aromatic carbocycles. The predicted molar refractivity (Wildman–Crippen MR) is 73.4 cm³/mol. The molecule has 1 saturated heterocycles. The normalized spacial score (nSPS) is 23.8. The smallest absolute Gasteiger partial charge is 0.332 e. The molecule has 1 aliphatic rings. The van der Waals surface area contributed by atoms with Crippen molar-refractivity contribution in [3.05, 3.63) is 35.4 Å². The monoisotopic (exact) mass is 300 g/mol. The number of alkyl halides is 3. The van der Waals surface area contributed by atoms with Gasteiger partial charge in [-0.3, -0.25) is 4.79 Å². The third kappa shape index (κ3) is 3.20. The minimum atomic E-state index is -4.36. The number of hydrogen-bond acceptors (Lipinski definition) is 2. The Morgan fingerprint density at radius 1 is 1.24 bits per heavy atom. The van der Waals surface area contributed by atoms with Gasteiger partial charge in [0.2, 0.25) is 5.91 Å². The van der Waals surface area contributed by atoms with E-state index in [9.17, 15) is 18.0 Å². The van der Waals surface area contributed by atoms with E-state index in [-0.39, 0.29) is 24.0 Å². The van der Waals surface area contributed by atoms with Gasteiger partial charge in [-0.25, -0.2) is 0 Å². The van der Waals surface area contributed by atoms with E-state index in [4.69, 9.17) is 5.73 Å².